The summed E-state index contributed by atoms with van der Waals surface area (Å²) in [6.07, 6.45) is 2.49. The summed E-state index contributed by atoms with van der Waals surface area (Å²) in [5.74, 6) is 0.349. The van der Waals surface area contributed by atoms with E-state index in [0.29, 0.717) is 18.2 Å². The molecule has 0 spiro atoms. The fraction of sp³-hybridized carbons (Fsp3) is 0.625. The van der Waals surface area contributed by atoms with Gasteiger partial charge in [-0.05, 0) is 24.0 Å². The highest BCUT2D eigenvalue weighted by molar-refractivity contribution is 5.93. The van der Waals surface area contributed by atoms with Gasteiger partial charge in [0, 0.05) is 32.4 Å². The molecule has 0 bridgehead atoms. The van der Waals surface area contributed by atoms with E-state index < -0.39 is 0 Å². The third-order valence-corrected chi connectivity index (χ3v) is 3.77. The number of ether oxygens (including phenoxy) is 1. The number of aromatic nitrogens is 1. The number of hydrogen-bond donors (Lipinski definition) is 1. The van der Waals surface area contributed by atoms with Crippen LogP contribution in [0, 0.1) is 5.92 Å². The molecule has 1 aromatic rings. The number of nitrogens with one attached hydrogen (secondary N) is 1. The average molecular weight is 291 g/mol. The van der Waals surface area contributed by atoms with Crippen molar-refractivity contribution in [2.45, 2.75) is 20.3 Å². The van der Waals surface area contributed by atoms with Crippen LogP contribution in [0.15, 0.2) is 18.3 Å². The van der Waals surface area contributed by atoms with Gasteiger partial charge in [-0.25, -0.2) is 0 Å². The molecule has 5 heteroatoms. The van der Waals surface area contributed by atoms with E-state index in [1.807, 2.05) is 19.1 Å². The van der Waals surface area contributed by atoms with Gasteiger partial charge in [0.1, 0.15) is 5.69 Å². The molecule has 0 aromatic carbocycles. The fourth-order valence-electron chi connectivity index (χ4n) is 2.57. The van der Waals surface area contributed by atoms with Gasteiger partial charge in [-0.15, -0.1) is 0 Å². The van der Waals surface area contributed by atoms with Crippen LogP contribution >= 0.6 is 0 Å². The van der Waals surface area contributed by atoms with Crippen molar-refractivity contribution in [2.24, 2.45) is 5.92 Å². The van der Waals surface area contributed by atoms with Gasteiger partial charge in [0.15, 0.2) is 0 Å². The summed E-state index contributed by atoms with van der Waals surface area (Å²) in [7, 11) is 0. The number of aryl methyl sites for hydroxylation is 1. The van der Waals surface area contributed by atoms with Gasteiger partial charge in [0.05, 0.1) is 13.2 Å². The second-order valence-corrected chi connectivity index (χ2v) is 5.59. The van der Waals surface area contributed by atoms with Crippen molar-refractivity contribution < 1.29 is 9.53 Å². The largest absolute Gasteiger partial charge is 0.379 e. The Morgan fingerprint density at radius 1 is 1.48 bits per heavy atom. The molecule has 1 amide bonds. The lowest BCUT2D eigenvalue weighted by molar-refractivity contribution is 0.0317. The van der Waals surface area contributed by atoms with Crippen LogP contribution < -0.4 is 5.32 Å². The molecule has 0 saturated carbocycles. The van der Waals surface area contributed by atoms with E-state index in [9.17, 15) is 4.79 Å². The molecule has 2 rings (SSSR count). The third-order valence-electron chi connectivity index (χ3n) is 3.77. The molecule has 116 valence electrons. The predicted octanol–water partition coefficient (Wildman–Crippen LogP) is 1.34. The second kappa shape index (κ2) is 8.10. The van der Waals surface area contributed by atoms with Crippen molar-refractivity contribution in [1.29, 1.82) is 0 Å². The SMILES string of the molecule is CCc1cccnc1C(=O)NCC(C)CN1CCOCC1. The van der Waals surface area contributed by atoms with Crippen molar-refractivity contribution >= 4 is 5.91 Å². The molecule has 1 unspecified atom stereocenters. The predicted molar refractivity (Wildman–Crippen MR) is 82.4 cm³/mol. The Bertz CT molecular complexity index is 459. The molecule has 1 aliphatic heterocycles. The zero-order chi connectivity index (χ0) is 15.1. The van der Waals surface area contributed by atoms with Crippen molar-refractivity contribution in [1.82, 2.24) is 15.2 Å². The highest BCUT2D eigenvalue weighted by atomic mass is 16.5. The molecular weight excluding hydrogens is 266 g/mol. The van der Waals surface area contributed by atoms with Crippen molar-refractivity contribution in [2.75, 3.05) is 39.4 Å². The molecule has 1 aliphatic rings. The first-order chi connectivity index (χ1) is 10.2. The van der Waals surface area contributed by atoms with Gasteiger partial charge in [-0.1, -0.05) is 19.9 Å². The summed E-state index contributed by atoms with van der Waals surface area (Å²) in [6, 6.07) is 3.83. The lowest BCUT2D eigenvalue weighted by Gasteiger charge is -2.29. The Hall–Kier alpha value is -1.46. The number of morpholine rings is 1. The van der Waals surface area contributed by atoms with E-state index in [1.54, 1.807) is 6.20 Å². The molecule has 1 fully saturated rings. The van der Waals surface area contributed by atoms with Crippen LogP contribution in [0.5, 0.6) is 0 Å². The summed E-state index contributed by atoms with van der Waals surface area (Å²) in [6.45, 7) is 9.46. The number of pyridine rings is 1. The lowest BCUT2D eigenvalue weighted by atomic mass is 10.1. The number of hydrogen-bond acceptors (Lipinski definition) is 4. The van der Waals surface area contributed by atoms with E-state index in [4.69, 9.17) is 4.74 Å². The lowest BCUT2D eigenvalue weighted by Crippen LogP contribution is -2.41. The van der Waals surface area contributed by atoms with E-state index in [1.165, 1.54) is 0 Å². The Balaban J connectivity index is 1.80. The minimum absolute atomic E-state index is 0.0683. The van der Waals surface area contributed by atoms with Crippen LogP contribution in [0.25, 0.3) is 0 Å². The zero-order valence-electron chi connectivity index (χ0n) is 13.0. The average Bonchev–Trinajstić information content (AvgIpc) is 2.53. The Morgan fingerprint density at radius 3 is 2.95 bits per heavy atom. The highest BCUT2D eigenvalue weighted by Gasteiger charge is 2.16. The Morgan fingerprint density at radius 2 is 2.24 bits per heavy atom. The first-order valence-corrected chi connectivity index (χ1v) is 7.73. The van der Waals surface area contributed by atoms with Crippen LogP contribution in [0.1, 0.15) is 29.9 Å². The van der Waals surface area contributed by atoms with Gasteiger partial charge >= 0.3 is 0 Å². The van der Waals surface area contributed by atoms with Gasteiger partial charge in [0.25, 0.3) is 5.91 Å². The van der Waals surface area contributed by atoms with Crippen LogP contribution in [-0.2, 0) is 11.2 Å². The number of carbonyl (C=O) groups is 1. The fourth-order valence-corrected chi connectivity index (χ4v) is 2.57. The summed E-state index contributed by atoms with van der Waals surface area (Å²) in [5, 5.41) is 3.00. The Kier molecular flexibility index (Phi) is 6.14. The standard InChI is InChI=1S/C16H25N3O2/c1-3-14-5-4-6-17-15(14)16(20)18-11-13(2)12-19-7-9-21-10-8-19/h4-6,13H,3,7-12H2,1-2H3,(H,18,20). The van der Waals surface area contributed by atoms with Crippen LogP contribution in [-0.4, -0.2) is 55.2 Å². The molecule has 1 N–H and O–H groups in total. The molecule has 0 aliphatic carbocycles. The number of nitrogens with zero attached hydrogens (tertiary/aromatic N) is 2. The molecule has 1 atom stereocenters. The molecular formula is C16H25N3O2. The van der Waals surface area contributed by atoms with E-state index in [-0.39, 0.29) is 5.91 Å². The summed E-state index contributed by atoms with van der Waals surface area (Å²) in [4.78, 5) is 18.8. The van der Waals surface area contributed by atoms with E-state index in [0.717, 1.165) is 44.8 Å². The minimum Gasteiger partial charge on any atom is -0.379 e. The van der Waals surface area contributed by atoms with Crippen LogP contribution in [0.3, 0.4) is 0 Å². The summed E-state index contributed by atoms with van der Waals surface area (Å²) >= 11 is 0. The maximum Gasteiger partial charge on any atom is 0.270 e. The molecule has 0 radical (unpaired) electrons. The Labute approximate surface area is 126 Å². The first kappa shape index (κ1) is 15.9. The van der Waals surface area contributed by atoms with Crippen molar-refractivity contribution in [3.63, 3.8) is 0 Å². The quantitative estimate of drug-likeness (QED) is 0.859. The molecule has 21 heavy (non-hydrogen) atoms. The van der Waals surface area contributed by atoms with Crippen molar-refractivity contribution in [3.8, 4) is 0 Å². The van der Waals surface area contributed by atoms with Gasteiger partial charge in [0.2, 0.25) is 0 Å². The van der Waals surface area contributed by atoms with Gasteiger partial charge in [-0.3, -0.25) is 14.7 Å². The van der Waals surface area contributed by atoms with Crippen molar-refractivity contribution in [3.05, 3.63) is 29.6 Å². The smallest absolute Gasteiger partial charge is 0.270 e. The summed E-state index contributed by atoms with van der Waals surface area (Å²) < 4.78 is 5.34. The van der Waals surface area contributed by atoms with E-state index >= 15 is 0 Å². The molecule has 1 aromatic heterocycles. The molecule has 1 saturated heterocycles. The highest BCUT2D eigenvalue weighted by Crippen LogP contribution is 2.07. The van der Waals surface area contributed by atoms with E-state index in [2.05, 4.69) is 22.1 Å². The van der Waals surface area contributed by atoms with Crippen LogP contribution in [0.2, 0.25) is 0 Å². The third kappa shape index (κ3) is 4.79. The maximum absolute atomic E-state index is 12.2. The van der Waals surface area contributed by atoms with Gasteiger partial charge in [-0.2, -0.15) is 0 Å². The second-order valence-electron chi connectivity index (χ2n) is 5.59. The topological polar surface area (TPSA) is 54.5 Å². The monoisotopic (exact) mass is 291 g/mol. The number of amides is 1. The minimum atomic E-state index is -0.0683. The number of carbonyl (C=O) groups excluding carboxylic acids is 1. The first-order valence-electron chi connectivity index (χ1n) is 7.73. The maximum atomic E-state index is 12.2. The van der Waals surface area contributed by atoms with Crippen LogP contribution in [0.4, 0.5) is 0 Å². The molecule has 2 heterocycles. The molecule has 5 nitrogen and oxygen atoms in total. The zero-order valence-corrected chi connectivity index (χ0v) is 13.0. The van der Waals surface area contributed by atoms with Gasteiger partial charge < -0.3 is 10.1 Å². The number of rotatable bonds is 6. The summed E-state index contributed by atoms with van der Waals surface area (Å²) in [5.41, 5.74) is 1.55. The normalized spacial score (nSPS) is 17.4.